The molecule has 0 N–H and O–H groups in total. The van der Waals surface area contributed by atoms with Gasteiger partial charge < -0.3 is 4.57 Å². The van der Waals surface area contributed by atoms with Crippen molar-refractivity contribution < 1.29 is 4.79 Å². The summed E-state index contributed by atoms with van der Waals surface area (Å²) in [6, 6.07) is 7.46. The minimum atomic E-state index is 0.450. The fourth-order valence-electron chi connectivity index (χ4n) is 1.17. The van der Waals surface area contributed by atoms with Gasteiger partial charge in [-0.25, -0.2) is 0 Å². The lowest BCUT2D eigenvalue weighted by atomic mass is 10.3. The molecule has 0 spiro atoms. The van der Waals surface area contributed by atoms with Gasteiger partial charge in [0.05, 0.1) is 0 Å². The van der Waals surface area contributed by atoms with Crippen molar-refractivity contribution in [2.45, 2.75) is 0 Å². The smallest absolute Gasteiger partial charge is 0.168 e. The minimum absolute atomic E-state index is 0.450. The third-order valence-electron chi connectivity index (χ3n) is 1.79. The zero-order chi connectivity index (χ0) is 9.10. The van der Waals surface area contributed by atoms with E-state index in [9.17, 15) is 4.79 Å². The van der Waals surface area contributed by atoms with Gasteiger partial charge in [0.25, 0.3) is 0 Å². The molecule has 2 aromatic heterocycles. The Morgan fingerprint density at radius 1 is 1.31 bits per heavy atom. The molecule has 0 amide bonds. The number of nitrogens with zero attached hydrogens (tertiary/aromatic N) is 2. The summed E-state index contributed by atoms with van der Waals surface area (Å²) < 4.78 is 1.93. The van der Waals surface area contributed by atoms with Crippen LogP contribution in [0.4, 0.5) is 0 Å². The molecule has 3 nitrogen and oxygen atoms in total. The molecule has 2 heterocycles. The quantitative estimate of drug-likeness (QED) is 0.646. The highest BCUT2D eigenvalue weighted by Crippen LogP contribution is 2.07. The monoisotopic (exact) mass is 172 g/mol. The molecule has 0 saturated carbocycles. The second-order valence-electron chi connectivity index (χ2n) is 2.65. The fourth-order valence-corrected chi connectivity index (χ4v) is 1.17. The van der Waals surface area contributed by atoms with Gasteiger partial charge in [-0.1, -0.05) is 0 Å². The van der Waals surface area contributed by atoms with Gasteiger partial charge in [0.2, 0.25) is 0 Å². The van der Waals surface area contributed by atoms with Gasteiger partial charge >= 0.3 is 0 Å². The molecule has 0 aromatic carbocycles. The Bertz CT molecular complexity index is 407. The molecule has 13 heavy (non-hydrogen) atoms. The van der Waals surface area contributed by atoms with Crippen LogP contribution in [0, 0.1) is 0 Å². The van der Waals surface area contributed by atoms with Crippen molar-refractivity contribution in [1.82, 2.24) is 9.55 Å². The maximum Gasteiger partial charge on any atom is 0.168 e. The maximum absolute atomic E-state index is 10.5. The molecule has 0 radical (unpaired) electrons. The van der Waals surface area contributed by atoms with Crippen LogP contribution in [0.2, 0.25) is 0 Å². The lowest BCUT2D eigenvalue weighted by Gasteiger charge is -2.01. The van der Waals surface area contributed by atoms with E-state index < -0.39 is 0 Å². The van der Waals surface area contributed by atoms with Crippen LogP contribution in [0.15, 0.2) is 42.9 Å². The van der Waals surface area contributed by atoms with Crippen LogP contribution in [0.25, 0.3) is 5.69 Å². The van der Waals surface area contributed by atoms with E-state index in [4.69, 9.17) is 0 Å². The first kappa shape index (κ1) is 7.73. The molecule has 0 aliphatic rings. The number of rotatable bonds is 2. The van der Waals surface area contributed by atoms with E-state index in [0.717, 1.165) is 12.0 Å². The van der Waals surface area contributed by atoms with Gasteiger partial charge in [-0.3, -0.25) is 9.78 Å². The first-order valence-corrected chi connectivity index (χ1v) is 3.95. The maximum atomic E-state index is 10.5. The molecular formula is C10H8N2O. The van der Waals surface area contributed by atoms with E-state index in [1.54, 1.807) is 12.3 Å². The van der Waals surface area contributed by atoms with Crippen molar-refractivity contribution in [3.63, 3.8) is 0 Å². The lowest BCUT2D eigenvalue weighted by Crippen LogP contribution is -1.93. The summed E-state index contributed by atoms with van der Waals surface area (Å²) in [7, 11) is 0. The van der Waals surface area contributed by atoms with E-state index in [0.29, 0.717) is 5.69 Å². The zero-order valence-electron chi connectivity index (χ0n) is 6.92. The van der Waals surface area contributed by atoms with Crippen LogP contribution in [-0.4, -0.2) is 15.8 Å². The van der Waals surface area contributed by atoms with E-state index in [1.807, 2.05) is 35.2 Å². The number of carbonyl (C=O) groups excluding carboxylic acids is 1. The SMILES string of the molecule is O=Cc1cc(-n2cccc2)ccn1. The molecule has 64 valence electrons. The predicted molar refractivity (Wildman–Crippen MR) is 49.0 cm³/mol. The Labute approximate surface area is 75.7 Å². The standard InChI is InChI=1S/C10H8N2O/c13-8-9-7-10(3-4-11-9)12-5-1-2-6-12/h1-8H. The first-order chi connectivity index (χ1) is 6.40. The number of carbonyl (C=O) groups is 1. The van der Waals surface area contributed by atoms with Gasteiger partial charge in [-0.05, 0) is 24.3 Å². The number of aldehydes is 1. The highest BCUT2D eigenvalue weighted by atomic mass is 16.1. The molecule has 0 fully saturated rings. The Balaban J connectivity index is 2.47. The summed E-state index contributed by atoms with van der Waals surface area (Å²) in [6.07, 6.45) is 6.21. The summed E-state index contributed by atoms with van der Waals surface area (Å²) in [4.78, 5) is 14.3. The molecule has 0 bridgehead atoms. The first-order valence-electron chi connectivity index (χ1n) is 3.95. The summed E-state index contributed by atoms with van der Waals surface area (Å²) in [5.41, 5.74) is 1.40. The molecule has 3 heteroatoms. The topological polar surface area (TPSA) is 34.9 Å². The van der Waals surface area contributed by atoms with Crippen molar-refractivity contribution in [3.05, 3.63) is 48.5 Å². The van der Waals surface area contributed by atoms with Crippen molar-refractivity contribution >= 4 is 6.29 Å². The van der Waals surface area contributed by atoms with E-state index in [1.165, 1.54) is 0 Å². The van der Waals surface area contributed by atoms with Crippen molar-refractivity contribution in [2.75, 3.05) is 0 Å². The molecule has 0 aliphatic carbocycles. The van der Waals surface area contributed by atoms with Gasteiger partial charge in [-0.2, -0.15) is 0 Å². The van der Waals surface area contributed by atoms with Crippen molar-refractivity contribution in [1.29, 1.82) is 0 Å². The van der Waals surface area contributed by atoms with Gasteiger partial charge in [0, 0.05) is 24.3 Å². The number of pyridine rings is 1. The van der Waals surface area contributed by atoms with Crippen molar-refractivity contribution in [2.24, 2.45) is 0 Å². The highest BCUT2D eigenvalue weighted by Gasteiger charge is 1.96. The lowest BCUT2D eigenvalue weighted by molar-refractivity contribution is 0.111. The van der Waals surface area contributed by atoms with Crippen LogP contribution in [0.1, 0.15) is 10.5 Å². The molecule has 0 atom stereocenters. The molecule has 0 unspecified atom stereocenters. The number of hydrogen-bond donors (Lipinski definition) is 0. The highest BCUT2D eigenvalue weighted by molar-refractivity contribution is 5.72. The van der Waals surface area contributed by atoms with Crippen LogP contribution in [-0.2, 0) is 0 Å². The van der Waals surface area contributed by atoms with Crippen LogP contribution in [0.3, 0.4) is 0 Å². The largest absolute Gasteiger partial charge is 0.324 e. The second-order valence-corrected chi connectivity index (χ2v) is 2.65. The van der Waals surface area contributed by atoms with Gasteiger partial charge in [0.1, 0.15) is 5.69 Å². The third kappa shape index (κ3) is 1.49. The fraction of sp³-hybridized carbons (Fsp3) is 0. The Hall–Kier alpha value is -1.90. The zero-order valence-corrected chi connectivity index (χ0v) is 6.92. The van der Waals surface area contributed by atoms with Gasteiger partial charge in [0.15, 0.2) is 6.29 Å². The molecule has 2 rings (SSSR count). The summed E-state index contributed by atoms with van der Waals surface area (Å²) in [5.74, 6) is 0. The molecule has 0 saturated heterocycles. The summed E-state index contributed by atoms with van der Waals surface area (Å²) in [5, 5.41) is 0. The van der Waals surface area contributed by atoms with Crippen LogP contribution in [0.5, 0.6) is 0 Å². The van der Waals surface area contributed by atoms with Gasteiger partial charge in [-0.15, -0.1) is 0 Å². The summed E-state index contributed by atoms with van der Waals surface area (Å²) in [6.45, 7) is 0. The number of aromatic nitrogens is 2. The Kier molecular flexibility index (Phi) is 1.92. The normalized spacial score (nSPS) is 9.85. The Morgan fingerprint density at radius 3 is 2.77 bits per heavy atom. The Morgan fingerprint density at radius 2 is 2.08 bits per heavy atom. The minimum Gasteiger partial charge on any atom is -0.324 e. The van der Waals surface area contributed by atoms with Crippen LogP contribution >= 0.6 is 0 Å². The number of hydrogen-bond acceptors (Lipinski definition) is 2. The predicted octanol–water partition coefficient (Wildman–Crippen LogP) is 1.68. The van der Waals surface area contributed by atoms with E-state index in [2.05, 4.69) is 4.98 Å². The second kappa shape index (κ2) is 3.23. The average Bonchev–Trinajstić information content (AvgIpc) is 2.71. The van der Waals surface area contributed by atoms with E-state index in [-0.39, 0.29) is 0 Å². The average molecular weight is 172 g/mol. The summed E-state index contributed by atoms with van der Waals surface area (Å²) >= 11 is 0. The van der Waals surface area contributed by atoms with Crippen molar-refractivity contribution in [3.8, 4) is 5.69 Å². The van der Waals surface area contributed by atoms with Crippen LogP contribution < -0.4 is 0 Å². The molecular weight excluding hydrogens is 164 g/mol. The molecule has 0 aliphatic heterocycles. The van der Waals surface area contributed by atoms with E-state index >= 15 is 0 Å². The molecule has 2 aromatic rings. The third-order valence-corrected chi connectivity index (χ3v) is 1.79.